The smallest absolute Gasteiger partial charge is 0.459 e. The van der Waals surface area contributed by atoms with Gasteiger partial charge in [0.15, 0.2) is 46.7 Å². The fourth-order valence-corrected chi connectivity index (χ4v) is 12.9. The Bertz CT molecular complexity index is 3700. The molecular formula is C61H80F2N12O14P2. The lowest BCUT2D eigenvalue weighted by Crippen LogP contribution is -2.41. The van der Waals surface area contributed by atoms with E-state index in [0.717, 1.165) is 10.8 Å². The normalized spacial score (nSPS) is 23.7. The van der Waals surface area contributed by atoms with E-state index >= 15 is 8.78 Å². The van der Waals surface area contributed by atoms with Gasteiger partial charge in [0.05, 0.1) is 39.1 Å². The minimum absolute atomic E-state index is 0. The lowest BCUT2D eigenvalue weighted by Gasteiger charge is -2.26. The van der Waals surface area contributed by atoms with Crippen molar-refractivity contribution in [2.75, 3.05) is 51.2 Å². The summed E-state index contributed by atoms with van der Waals surface area (Å²) in [7, 11) is -5.43. The zero-order valence-electron chi connectivity index (χ0n) is 51.9. The second kappa shape index (κ2) is 27.8. The molecule has 30 heteroatoms. The van der Waals surface area contributed by atoms with E-state index in [-0.39, 0.29) is 54.3 Å². The predicted octanol–water partition coefficient (Wildman–Crippen LogP) is 10.2. The molecule has 2 fully saturated rings. The lowest BCUT2D eigenvalue weighted by atomic mass is 9.98. The molecule has 0 bridgehead atoms. The van der Waals surface area contributed by atoms with Gasteiger partial charge in [-0.1, -0.05) is 122 Å². The molecule has 0 saturated carbocycles. The highest BCUT2D eigenvalue weighted by Crippen LogP contribution is 2.51. The highest BCUT2D eigenvalue weighted by Gasteiger charge is 2.57. The van der Waals surface area contributed by atoms with Crippen molar-refractivity contribution in [1.29, 1.82) is 0 Å². The van der Waals surface area contributed by atoms with Crippen molar-refractivity contribution in [1.82, 2.24) is 49.2 Å². The zero-order chi connectivity index (χ0) is 65.1. The Hall–Kier alpha value is -7.36. The van der Waals surface area contributed by atoms with Crippen LogP contribution in [0.3, 0.4) is 0 Å². The van der Waals surface area contributed by atoms with Gasteiger partial charge in [0, 0.05) is 24.9 Å². The van der Waals surface area contributed by atoms with E-state index in [1.54, 1.807) is 62.6 Å². The average Bonchev–Trinajstić information content (AvgIpc) is 1.61. The Balaban J connectivity index is 0.000000232. The van der Waals surface area contributed by atoms with Crippen LogP contribution in [0.2, 0.25) is 0 Å². The molecule has 6 heterocycles. The number of aromatic nitrogens is 8. The Morgan fingerprint density at radius 3 is 1.33 bits per heavy atom. The predicted molar refractivity (Wildman–Crippen MR) is 338 cm³/mol. The third-order valence-electron chi connectivity index (χ3n) is 14.6. The van der Waals surface area contributed by atoms with Gasteiger partial charge in [-0.2, -0.15) is 10.2 Å². The molecule has 0 spiro atoms. The second-order valence-corrected chi connectivity index (χ2v) is 28.0. The lowest BCUT2D eigenvalue weighted by molar-refractivity contribution is -0.148. The molecule has 2 aliphatic heterocycles. The molecule has 0 aliphatic carbocycles. The number of anilines is 2. The number of hydrogen-bond acceptors (Lipinski definition) is 22. The number of nitrogens with zero attached hydrogens (tertiary/aromatic N) is 8. The number of aliphatic hydroxyl groups is 2. The number of carbonyl (C=O) groups is 2. The number of ether oxygens (including phenoxy) is 4. The third kappa shape index (κ3) is 15.8. The number of benzene rings is 4. The van der Waals surface area contributed by atoms with Crippen molar-refractivity contribution in [3.63, 3.8) is 0 Å². The van der Waals surface area contributed by atoms with Crippen LogP contribution in [0.15, 0.2) is 110 Å². The van der Waals surface area contributed by atoms with E-state index in [9.17, 15) is 28.9 Å². The number of hydrogen-bond donors (Lipinski definition) is 6. The van der Waals surface area contributed by atoms with Gasteiger partial charge in [-0.25, -0.2) is 47.8 Å². The molecule has 0 radical (unpaired) electrons. The molecule has 2 saturated heterocycles. The fraction of sp³-hybridized carbons (Fsp3) is 0.475. The Labute approximate surface area is 525 Å². The van der Waals surface area contributed by atoms with Crippen LogP contribution in [0.5, 0.6) is 11.5 Å². The maximum absolute atomic E-state index is 16.1. The summed E-state index contributed by atoms with van der Waals surface area (Å²) in [5.41, 5.74) is -3.90. The summed E-state index contributed by atoms with van der Waals surface area (Å²) >= 11 is 0. The summed E-state index contributed by atoms with van der Waals surface area (Å²) in [6, 6.07) is 22.8. The summed E-state index contributed by atoms with van der Waals surface area (Å²) in [6.45, 7) is 15.9. The van der Waals surface area contributed by atoms with E-state index in [2.05, 4.69) is 50.7 Å². The summed E-state index contributed by atoms with van der Waals surface area (Å²) in [6.07, 6.45) is -3.41. The first-order chi connectivity index (χ1) is 42.4. The van der Waals surface area contributed by atoms with Crippen molar-refractivity contribution in [2.24, 2.45) is 10.8 Å². The van der Waals surface area contributed by atoms with Gasteiger partial charge < -0.3 is 48.8 Å². The SMILES string of the molecule is C.CNc1ncnc2c1ncn2[C@@H]1O[C@H](CO[P@@](=O)(N[C@@H](C)C(=O)OCC(C)(C)C)Oc2cccc3ccccc23)[C@@H](O)[C@@]1(C)F.CNc1ncnc2c1ncn2[C@@H]1O[C@H](CO[P@@](=O)(N[C@H](C)C(=O)OCC(C)(C)C)Oc2cccc3ccccc23)[C@@H](O)[C@@]1(C)F. The quantitative estimate of drug-likeness (QED) is 0.0271. The Morgan fingerprint density at radius 2 is 0.967 bits per heavy atom. The molecule has 492 valence electrons. The molecule has 26 nitrogen and oxygen atoms in total. The number of fused-ring (bicyclic) bond motifs is 4. The van der Waals surface area contributed by atoms with E-state index in [4.69, 9.17) is 37.0 Å². The van der Waals surface area contributed by atoms with E-state index in [1.807, 2.05) is 77.9 Å². The van der Waals surface area contributed by atoms with E-state index < -0.39 is 101 Å². The number of imidazole rings is 2. The molecule has 91 heavy (non-hydrogen) atoms. The standard InChI is InChI=1S/2C30H38FN6O7P.CH4/c2*1-18(27(39)41-15-29(2,3)4)36-45(40,44-21-13-9-11-19-10-7-8-12-20(19)21)42-14-22-24(38)30(5,31)28(43-22)37-17-35-23-25(32-6)33-16-34-26(23)37;/h2*7-13,16-18,22,24,28,38H,14-15H2,1-6H3,(H,36,40)(H,32,33,34);1H4/t18-,22+,24+,28+,30+,45-;18-,22-,24-,28-,30-,45+;/m01./s1. The van der Waals surface area contributed by atoms with E-state index in [0.29, 0.717) is 33.4 Å². The summed E-state index contributed by atoms with van der Waals surface area (Å²) in [5, 5.41) is 36.1. The van der Waals surface area contributed by atoms with Crippen LogP contribution >= 0.6 is 15.5 Å². The number of carbonyl (C=O) groups excluding carboxylic acids is 2. The largest absolute Gasteiger partial charge is 0.464 e. The van der Waals surface area contributed by atoms with Gasteiger partial charge in [-0.15, -0.1) is 0 Å². The number of esters is 2. The third-order valence-corrected chi connectivity index (χ3v) is 17.8. The van der Waals surface area contributed by atoms with Crippen LogP contribution in [-0.2, 0) is 46.7 Å². The molecular weight excluding hydrogens is 1220 g/mol. The number of alkyl halides is 2. The van der Waals surface area contributed by atoms with Crippen LogP contribution in [-0.4, -0.2) is 150 Å². The Morgan fingerprint density at radius 1 is 0.604 bits per heavy atom. The molecule has 0 amide bonds. The maximum Gasteiger partial charge on any atom is 0.459 e. The highest BCUT2D eigenvalue weighted by molar-refractivity contribution is 7.52. The number of aliphatic hydroxyl groups excluding tert-OH is 2. The van der Waals surface area contributed by atoms with Gasteiger partial charge in [-0.05, 0) is 61.4 Å². The van der Waals surface area contributed by atoms with E-state index in [1.165, 1.54) is 62.1 Å². The first kappa shape index (κ1) is 69.5. The number of nitrogens with one attached hydrogen (secondary N) is 4. The van der Waals surface area contributed by atoms with Crippen LogP contribution < -0.4 is 29.9 Å². The molecule has 10 rings (SSSR count). The summed E-state index contributed by atoms with van der Waals surface area (Å²) in [4.78, 5) is 50.8. The highest BCUT2D eigenvalue weighted by atomic mass is 31.2. The van der Waals surface area contributed by atoms with Crippen molar-refractivity contribution in [3.8, 4) is 11.5 Å². The van der Waals surface area contributed by atoms with Crippen molar-refractivity contribution >= 4 is 82.9 Å². The number of rotatable bonds is 22. The first-order valence-electron chi connectivity index (χ1n) is 28.9. The minimum atomic E-state index is -4.38. The van der Waals surface area contributed by atoms with Crippen molar-refractivity contribution in [3.05, 3.63) is 110 Å². The van der Waals surface area contributed by atoms with Crippen LogP contribution in [0.4, 0.5) is 20.4 Å². The number of halogens is 2. The van der Waals surface area contributed by atoms with Crippen LogP contribution in [0.1, 0.15) is 89.1 Å². The molecule has 4 aromatic heterocycles. The van der Waals surface area contributed by atoms with Crippen LogP contribution in [0, 0.1) is 10.8 Å². The second-order valence-electron chi connectivity index (χ2n) is 24.6. The molecule has 6 N–H and O–H groups in total. The first-order valence-corrected chi connectivity index (χ1v) is 32.0. The topological polar surface area (TPSA) is 318 Å². The van der Waals surface area contributed by atoms with Crippen molar-refractivity contribution < 1.29 is 74.8 Å². The maximum atomic E-state index is 16.1. The summed E-state index contributed by atoms with van der Waals surface area (Å²) < 4.78 is 110. The monoisotopic (exact) mass is 1300 g/mol. The molecule has 4 aromatic carbocycles. The fourth-order valence-electron chi connectivity index (χ4n) is 9.85. The van der Waals surface area contributed by atoms with Gasteiger partial charge >= 0.3 is 27.4 Å². The molecule has 8 aromatic rings. The zero-order valence-corrected chi connectivity index (χ0v) is 53.6. The summed E-state index contributed by atoms with van der Waals surface area (Å²) in [5.74, 6) is -0.0104. The Kier molecular flexibility index (Phi) is 21.3. The minimum Gasteiger partial charge on any atom is -0.464 e. The van der Waals surface area contributed by atoms with Crippen molar-refractivity contribution in [2.45, 2.75) is 137 Å². The van der Waals surface area contributed by atoms with Gasteiger partial charge in [-0.3, -0.25) is 27.8 Å². The van der Waals surface area contributed by atoms with Crippen LogP contribution in [0.25, 0.3) is 43.9 Å². The molecule has 0 unspecified atom stereocenters. The van der Waals surface area contributed by atoms with Gasteiger partial charge in [0.25, 0.3) is 0 Å². The van der Waals surface area contributed by atoms with Gasteiger partial charge in [0.1, 0.15) is 71.7 Å². The molecule has 2 aliphatic rings. The average molecular weight is 1310 g/mol. The molecule has 12 atom stereocenters. The van der Waals surface area contributed by atoms with Gasteiger partial charge in [0.2, 0.25) is 0 Å².